The highest BCUT2D eigenvalue weighted by Gasteiger charge is 2.06. The second-order valence-corrected chi connectivity index (χ2v) is 5.37. The Morgan fingerprint density at radius 2 is 1.81 bits per heavy atom. The Morgan fingerprint density at radius 3 is 2.62 bits per heavy atom. The number of hydrogen-bond donors (Lipinski definition) is 2. The molecule has 2 N–H and O–H groups in total. The quantitative estimate of drug-likeness (QED) is 0.393. The van der Waals surface area contributed by atoms with Gasteiger partial charge in [0.2, 0.25) is 0 Å². The monoisotopic (exact) mass is 386 g/mol. The van der Waals surface area contributed by atoms with Crippen LogP contribution in [0.25, 0.3) is 32.9 Å². The topological polar surface area (TPSA) is 53.6 Å². The Kier molecular flexibility index (Phi) is 2.99. The van der Waals surface area contributed by atoms with Gasteiger partial charge in [0.15, 0.2) is 0 Å². The molecule has 0 unspecified atom stereocenters. The fraction of sp³-hybridized carbons (Fsp3) is 0. The average molecular weight is 386 g/mol. The van der Waals surface area contributed by atoms with Gasteiger partial charge in [-0.25, -0.2) is 4.98 Å². The molecule has 21 heavy (non-hydrogen) atoms. The summed E-state index contributed by atoms with van der Waals surface area (Å²) in [5.74, 6) is 0.858. The van der Waals surface area contributed by atoms with Gasteiger partial charge in [-0.2, -0.15) is 0 Å². The van der Waals surface area contributed by atoms with Gasteiger partial charge >= 0.3 is 0 Å². The summed E-state index contributed by atoms with van der Waals surface area (Å²) < 4.78 is 3.00. The third-order valence-electron chi connectivity index (χ3n) is 3.59. The molecule has 4 aromatic rings. The van der Waals surface area contributed by atoms with Gasteiger partial charge in [-0.1, -0.05) is 12.1 Å². The van der Waals surface area contributed by atoms with Crippen LogP contribution in [0.5, 0.6) is 0 Å². The first-order chi connectivity index (χ1) is 10.3. The molecular weight excluding hydrogens is 375 g/mol. The number of H-pyrrole nitrogens is 1. The van der Waals surface area contributed by atoms with Crippen molar-refractivity contribution in [3.63, 3.8) is 0 Å². The van der Waals surface area contributed by atoms with Crippen LogP contribution in [0.4, 0.5) is 5.82 Å². The van der Waals surface area contributed by atoms with Crippen molar-refractivity contribution < 1.29 is 0 Å². The summed E-state index contributed by atoms with van der Waals surface area (Å²) in [5.41, 5.74) is 4.48. The molecule has 1 aromatic carbocycles. The first-order valence-corrected chi connectivity index (χ1v) is 7.61. The van der Waals surface area contributed by atoms with Crippen molar-refractivity contribution in [3.8, 4) is 11.1 Å². The minimum atomic E-state index is 0.858. The number of nitrogens with zero attached hydrogens (tertiary/aromatic N) is 2. The summed E-state index contributed by atoms with van der Waals surface area (Å²) in [4.78, 5) is 12.0. The first-order valence-electron chi connectivity index (χ1n) is 6.54. The third kappa shape index (κ3) is 2.13. The maximum atomic E-state index is 4.36. The zero-order valence-corrected chi connectivity index (χ0v) is 13.1. The Bertz CT molecular complexity index is 928. The number of aromatic amines is 1. The smallest absolute Gasteiger partial charge is 0.134 e. The van der Waals surface area contributed by atoms with Gasteiger partial charge in [0.25, 0.3) is 0 Å². The summed E-state index contributed by atoms with van der Waals surface area (Å²) in [6.45, 7) is 0. The lowest BCUT2D eigenvalue weighted by molar-refractivity contribution is 1.34. The molecule has 0 bridgehead atoms. The molecule has 0 aliphatic heterocycles. The maximum absolute atomic E-state index is 4.36. The second-order valence-electron chi connectivity index (χ2n) is 4.83. The third-order valence-corrected chi connectivity index (χ3v) is 4.15. The normalized spacial score (nSPS) is 11.1. The number of benzene rings is 1. The summed E-state index contributed by atoms with van der Waals surface area (Å²) in [5, 5.41) is 2.35. The number of halogens is 1. The summed E-state index contributed by atoms with van der Waals surface area (Å²) in [6, 6.07) is 12.5. The van der Waals surface area contributed by atoms with Gasteiger partial charge in [-0.05, 0) is 29.8 Å². The van der Waals surface area contributed by atoms with Crippen LogP contribution in [-0.4, -0.2) is 15.0 Å². The van der Waals surface area contributed by atoms with Crippen LogP contribution in [0.3, 0.4) is 0 Å². The number of aromatic nitrogens is 3. The molecule has 0 saturated heterocycles. The van der Waals surface area contributed by atoms with Gasteiger partial charge in [-0.3, -0.25) is 4.98 Å². The minimum Gasteiger partial charge on any atom is -0.354 e. The Hall–Kier alpha value is -2.15. The highest BCUT2D eigenvalue weighted by molar-refractivity contribution is 14.1. The van der Waals surface area contributed by atoms with Crippen molar-refractivity contribution in [3.05, 3.63) is 55.0 Å². The number of rotatable bonds is 2. The van der Waals surface area contributed by atoms with Crippen LogP contribution in [0, 0.1) is 0 Å². The van der Waals surface area contributed by atoms with Crippen LogP contribution < -0.4 is 3.53 Å². The average Bonchev–Trinajstić information content (AvgIpc) is 2.92. The molecule has 0 aliphatic carbocycles. The molecule has 0 amide bonds. The van der Waals surface area contributed by atoms with E-state index in [1.54, 1.807) is 6.20 Å². The van der Waals surface area contributed by atoms with Gasteiger partial charge in [0.1, 0.15) is 5.82 Å². The van der Waals surface area contributed by atoms with E-state index < -0.39 is 0 Å². The van der Waals surface area contributed by atoms with E-state index in [2.05, 4.69) is 65.6 Å². The van der Waals surface area contributed by atoms with Crippen molar-refractivity contribution in [1.29, 1.82) is 0 Å². The zero-order valence-electron chi connectivity index (χ0n) is 11.0. The molecule has 0 spiro atoms. The highest BCUT2D eigenvalue weighted by atomic mass is 127. The standard InChI is InChI=1S/C16H11IN4/c17-21-16-4-2-11(8-19-16)10-1-3-12-13-9-18-6-5-14(13)20-15(12)7-10/h1-9,20H,(H,19,21). The predicted octanol–water partition coefficient (Wildman–Crippen LogP) is 4.54. The van der Waals surface area contributed by atoms with E-state index in [1.165, 1.54) is 5.39 Å². The number of hydrogen-bond acceptors (Lipinski definition) is 3. The fourth-order valence-electron chi connectivity index (χ4n) is 2.55. The lowest BCUT2D eigenvalue weighted by atomic mass is 10.1. The molecule has 0 aliphatic rings. The Labute approximate surface area is 135 Å². The molecule has 3 aromatic heterocycles. The van der Waals surface area contributed by atoms with Gasteiger partial charge in [-0.15, -0.1) is 0 Å². The van der Waals surface area contributed by atoms with Gasteiger partial charge in [0, 0.05) is 46.0 Å². The number of anilines is 1. The van der Waals surface area contributed by atoms with Crippen LogP contribution in [-0.2, 0) is 0 Å². The van der Waals surface area contributed by atoms with Crippen LogP contribution in [0.15, 0.2) is 55.0 Å². The molecule has 0 radical (unpaired) electrons. The van der Waals surface area contributed by atoms with Crippen molar-refractivity contribution in [2.24, 2.45) is 0 Å². The predicted molar refractivity (Wildman–Crippen MR) is 94.5 cm³/mol. The van der Waals surface area contributed by atoms with Crippen LogP contribution >= 0.6 is 22.9 Å². The summed E-state index contributed by atoms with van der Waals surface area (Å²) >= 11 is 2.08. The van der Waals surface area contributed by atoms with E-state index in [1.807, 2.05) is 24.5 Å². The Morgan fingerprint density at radius 1 is 0.905 bits per heavy atom. The summed E-state index contributed by atoms with van der Waals surface area (Å²) in [7, 11) is 0. The number of pyridine rings is 2. The molecule has 4 rings (SSSR count). The molecule has 4 nitrogen and oxygen atoms in total. The van der Waals surface area contributed by atoms with Gasteiger partial charge in [0.05, 0.1) is 22.9 Å². The second kappa shape index (κ2) is 5.00. The zero-order chi connectivity index (χ0) is 14.2. The van der Waals surface area contributed by atoms with Crippen molar-refractivity contribution in [2.75, 3.05) is 3.53 Å². The molecule has 0 fully saturated rings. The van der Waals surface area contributed by atoms with E-state index in [9.17, 15) is 0 Å². The number of nitrogens with one attached hydrogen (secondary N) is 2. The molecule has 0 atom stereocenters. The van der Waals surface area contributed by atoms with E-state index in [4.69, 9.17) is 0 Å². The first kappa shape index (κ1) is 12.6. The van der Waals surface area contributed by atoms with E-state index in [-0.39, 0.29) is 0 Å². The molecule has 102 valence electrons. The fourth-order valence-corrected chi connectivity index (χ4v) is 2.86. The molecule has 3 heterocycles. The van der Waals surface area contributed by atoms with Crippen LogP contribution in [0.2, 0.25) is 0 Å². The van der Waals surface area contributed by atoms with Crippen molar-refractivity contribution in [1.82, 2.24) is 15.0 Å². The lowest BCUT2D eigenvalue weighted by Gasteiger charge is -2.03. The summed E-state index contributed by atoms with van der Waals surface area (Å²) in [6.07, 6.45) is 5.58. The Balaban J connectivity index is 1.87. The maximum Gasteiger partial charge on any atom is 0.134 e. The van der Waals surface area contributed by atoms with E-state index in [0.717, 1.165) is 33.4 Å². The van der Waals surface area contributed by atoms with Crippen molar-refractivity contribution in [2.45, 2.75) is 0 Å². The van der Waals surface area contributed by atoms with E-state index in [0.29, 0.717) is 0 Å². The minimum absolute atomic E-state index is 0.858. The lowest BCUT2D eigenvalue weighted by Crippen LogP contribution is -1.85. The molecule has 5 heteroatoms. The number of fused-ring (bicyclic) bond motifs is 3. The molecular formula is C16H11IN4. The van der Waals surface area contributed by atoms with Crippen LogP contribution in [0.1, 0.15) is 0 Å². The SMILES string of the molecule is INc1ccc(-c2ccc3c(c2)[nH]c2ccncc23)cn1. The highest BCUT2D eigenvalue weighted by Crippen LogP contribution is 2.29. The van der Waals surface area contributed by atoms with E-state index >= 15 is 0 Å². The van der Waals surface area contributed by atoms with Gasteiger partial charge < -0.3 is 8.51 Å². The van der Waals surface area contributed by atoms with Crippen molar-refractivity contribution >= 4 is 50.5 Å². The largest absolute Gasteiger partial charge is 0.354 e. The molecule has 0 saturated carbocycles.